The molecule has 0 aromatic rings. The predicted octanol–water partition coefficient (Wildman–Crippen LogP) is 1.48. The second-order valence-electron chi connectivity index (χ2n) is 4.24. The van der Waals surface area contributed by atoms with Gasteiger partial charge in [0.05, 0.1) is 11.8 Å². The maximum atomic E-state index is 11.4. The molecule has 0 radical (unpaired) electrons. The van der Waals surface area contributed by atoms with Crippen molar-refractivity contribution in [3.05, 3.63) is 0 Å². The first-order chi connectivity index (χ1) is 6.61. The number of fused-ring (bicyclic) bond motifs is 5. The summed E-state index contributed by atoms with van der Waals surface area (Å²) < 4.78 is 4.69. The molecule has 3 rings (SSSR count). The number of rotatable bonds is 0. The van der Waals surface area contributed by atoms with Crippen LogP contribution in [0.4, 0.5) is 0 Å². The average molecular weight is 324 g/mol. The Kier molecular flexibility index (Phi) is 1.88. The Morgan fingerprint density at radius 1 is 1.00 bits per heavy atom. The molecule has 2 bridgehead atoms. The van der Waals surface area contributed by atoms with Gasteiger partial charge in [0.2, 0.25) is 0 Å². The summed E-state index contributed by atoms with van der Waals surface area (Å²) in [5, 5.41) is 0. The Labute approximate surface area is 97.8 Å². The third-order valence-corrected chi connectivity index (χ3v) is 6.93. The van der Waals surface area contributed by atoms with Crippen molar-refractivity contribution in [2.75, 3.05) is 0 Å². The zero-order valence-electron chi connectivity index (χ0n) is 7.15. The highest BCUT2D eigenvalue weighted by Gasteiger charge is 2.65. The predicted molar refractivity (Wildman–Crippen MR) is 55.1 cm³/mol. The fourth-order valence-corrected chi connectivity index (χ4v) is 5.02. The number of halogens is 2. The summed E-state index contributed by atoms with van der Waals surface area (Å²) >= 11 is 7.16. The van der Waals surface area contributed by atoms with Gasteiger partial charge in [0, 0.05) is 9.65 Å². The molecular formula is C9H8Br2O3. The number of alkyl halides is 2. The van der Waals surface area contributed by atoms with Gasteiger partial charge in [-0.15, -0.1) is 0 Å². The van der Waals surface area contributed by atoms with Crippen LogP contribution in [0.25, 0.3) is 0 Å². The lowest BCUT2D eigenvalue weighted by Gasteiger charge is -2.27. The Morgan fingerprint density at radius 3 is 1.86 bits per heavy atom. The quantitative estimate of drug-likeness (QED) is 0.385. The van der Waals surface area contributed by atoms with Gasteiger partial charge in [-0.05, 0) is 18.3 Å². The van der Waals surface area contributed by atoms with Gasteiger partial charge in [0.15, 0.2) is 0 Å². The van der Waals surface area contributed by atoms with Crippen molar-refractivity contribution in [3.63, 3.8) is 0 Å². The molecule has 0 N–H and O–H groups in total. The van der Waals surface area contributed by atoms with Crippen LogP contribution in [-0.4, -0.2) is 21.6 Å². The van der Waals surface area contributed by atoms with Gasteiger partial charge in [-0.25, -0.2) is 0 Å². The molecule has 2 saturated carbocycles. The summed E-state index contributed by atoms with van der Waals surface area (Å²) in [7, 11) is 0. The van der Waals surface area contributed by atoms with Crippen LogP contribution in [0, 0.1) is 23.7 Å². The summed E-state index contributed by atoms with van der Waals surface area (Å²) in [6.45, 7) is 0. The smallest absolute Gasteiger partial charge is 0.317 e. The van der Waals surface area contributed by atoms with E-state index in [1.807, 2.05) is 0 Å². The first-order valence-electron chi connectivity index (χ1n) is 4.65. The van der Waals surface area contributed by atoms with E-state index in [2.05, 4.69) is 36.6 Å². The van der Waals surface area contributed by atoms with Crippen molar-refractivity contribution in [1.82, 2.24) is 0 Å². The fourth-order valence-electron chi connectivity index (χ4n) is 3.15. The van der Waals surface area contributed by atoms with E-state index >= 15 is 0 Å². The van der Waals surface area contributed by atoms with Crippen molar-refractivity contribution < 1.29 is 14.3 Å². The van der Waals surface area contributed by atoms with Crippen LogP contribution < -0.4 is 0 Å². The van der Waals surface area contributed by atoms with E-state index in [1.54, 1.807) is 0 Å². The number of carbonyl (C=O) groups excluding carboxylic acids is 2. The fraction of sp³-hybridized carbons (Fsp3) is 0.778. The molecule has 3 nitrogen and oxygen atoms in total. The van der Waals surface area contributed by atoms with Crippen molar-refractivity contribution in [1.29, 1.82) is 0 Å². The zero-order chi connectivity index (χ0) is 10.0. The molecule has 3 fully saturated rings. The summed E-state index contributed by atoms with van der Waals surface area (Å²) in [4.78, 5) is 23.5. The molecular weight excluding hydrogens is 316 g/mol. The lowest BCUT2D eigenvalue weighted by Crippen LogP contribution is -2.37. The minimum Gasteiger partial charge on any atom is -0.393 e. The Bertz CT molecular complexity index is 300. The molecule has 6 atom stereocenters. The summed E-state index contributed by atoms with van der Waals surface area (Å²) in [5.41, 5.74) is 0. The van der Waals surface area contributed by atoms with Gasteiger partial charge in [-0.2, -0.15) is 0 Å². The largest absolute Gasteiger partial charge is 0.393 e. The van der Waals surface area contributed by atoms with E-state index in [0.29, 0.717) is 9.65 Å². The van der Waals surface area contributed by atoms with E-state index in [-0.39, 0.29) is 35.6 Å². The zero-order valence-corrected chi connectivity index (χ0v) is 10.3. The first kappa shape index (κ1) is 9.33. The maximum absolute atomic E-state index is 11.4. The van der Waals surface area contributed by atoms with Crippen LogP contribution in [0.1, 0.15) is 6.42 Å². The van der Waals surface area contributed by atoms with Gasteiger partial charge in [0.1, 0.15) is 0 Å². The summed E-state index contributed by atoms with van der Waals surface area (Å²) in [6, 6.07) is 0. The molecule has 0 aromatic heterocycles. The molecule has 3 aliphatic rings. The van der Waals surface area contributed by atoms with E-state index < -0.39 is 0 Å². The van der Waals surface area contributed by atoms with Gasteiger partial charge in [0.25, 0.3) is 0 Å². The minimum absolute atomic E-state index is 0.175. The van der Waals surface area contributed by atoms with Crippen LogP contribution in [0.2, 0.25) is 0 Å². The van der Waals surface area contributed by atoms with Crippen LogP contribution in [0.3, 0.4) is 0 Å². The Morgan fingerprint density at radius 2 is 1.43 bits per heavy atom. The highest BCUT2D eigenvalue weighted by molar-refractivity contribution is 9.12. The molecule has 76 valence electrons. The van der Waals surface area contributed by atoms with Gasteiger partial charge >= 0.3 is 11.9 Å². The van der Waals surface area contributed by atoms with Gasteiger partial charge in [-0.1, -0.05) is 31.9 Å². The van der Waals surface area contributed by atoms with E-state index in [0.717, 1.165) is 6.42 Å². The van der Waals surface area contributed by atoms with Crippen molar-refractivity contribution in [2.45, 2.75) is 16.1 Å². The number of hydrogen-bond donors (Lipinski definition) is 0. The lowest BCUT2D eigenvalue weighted by atomic mass is 9.81. The Hall–Kier alpha value is 0.1000. The normalized spacial score (nSPS) is 55.0. The molecule has 5 heteroatoms. The van der Waals surface area contributed by atoms with Crippen LogP contribution >= 0.6 is 31.9 Å². The summed E-state index contributed by atoms with van der Waals surface area (Å²) in [5.74, 6) is -0.425. The van der Waals surface area contributed by atoms with Crippen LogP contribution in [0.15, 0.2) is 0 Å². The van der Waals surface area contributed by atoms with E-state index in [1.165, 1.54) is 0 Å². The third-order valence-electron chi connectivity index (χ3n) is 3.72. The van der Waals surface area contributed by atoms with Gasteiger partial charge in [-0.3, -0.25) is 9.59 Å². The third kappa shape index (κ3) is 0.927. The highest BCUT2D eigenvalue weighted by atomic mass is 79.9. The molecule has 14 heavy (non-hydrogen) atoms. The van der Waals surface area contributed by atoms with Crippen LogP contribution in [0.5, 0.6) is 0 Å². The van der Waals surface area contributed by atoms with Crippen LogP contribution in [-0.2, 0) is 14.3 Å². The second-order valence-corrected chi connectivity index (χ2v) is 6.36. The molecule has 1 aliphatic heterocycles. The van der Waals surface area contributed by atoms with E-state index in [9.17, 15) is 9.59 Å². The maximum Gasteiger partial charge on any atom is 0.317 e. The minimum atomic E-state index is -0.309. The number of hydrogen-bond acceptors (Lipinski definition) is 3. The van der Waals surface area contributed by atoms with Gasteiger partial charge < -0.3 is 4.74 Å². The Balaban J connectivity index is 2.01. The standard InChI is InChI=1S/C9H8Br2O3/c10-6-2-1-3(7(6)11)5-4(2)8(12)14-9(5)13/h2-7H,1H2/t2-,3+,4-,5-,6+,7-/m1/s1. The van der Waals surface area contributed by atoms with Crippen molar-refractivity contribution in [3.8, 4) is 0 Å². The second kappa shape index (κ2) is 2.82. The number of ether oxygens (including phenoxy) is 1. The first-order valence-corrected chi connectivity index (χ1v) is 6.48. The molecule has 1 saturated heterocycles. The molecule has 2 aliphatic carbocycles. The molecule has 0 aromatic carbocycles. The summed E-state index contributed by atoms with van der Waals surface area (Å²) in [6.07, 6.45) is 0.960. The van der Waals surface area contributed by atoms with Crippen molar-refractivity contribution in [2.24, 2.45) is 23.7 Å². The monoisotopic (exact) mass is 322 g/mol. The topological polar surface area (TPSA) is 43.4 Å². The number of carbonyl (C=O) groups is 2. The molecule has 0 spiro atoms. The number of esters is 2. The molecule has 0 unspecified atom stereocenters. The molecule has 0 amide bonds. The average Bonchev–Trinajstić information content (AvgIpc) is 2.71. The lowest BCUT2D eigenvalue weighted by molar-refractivity contribution is -0.154. The SMILES string of the molecule is O=C1OC(=O)[C@@H]2[C@H]3C[C@H]([C@@H](Br)[C@H]3Br)[C@@H]12. The highest BCUT2D eigenvalue weighted by Crippen LogP contribution is 2.59. The number of cyclic esters (lactones) is 2. The van der Waals surface area contributed by atoms with Crippen molar-refractivity contribution >= 4 is 43.8 Å². The molecule has 1 heterocycles. The van der Waals surface area contributed by atoms with E-state index in [4.69, 9.17) is 0 Å².